The van der Waals surface area contributed by atoms with E-state index in [1.54, 1.807) is 11.6 Å². The van der Waals surface area contributed by atoms with Gasteiger partial charge in [-0.3, -0.25) is 9.48 Å². The van der Waals surface area contributed by atoms with Crippen LogP contribution in [0.5, 0.6) is 0 Å². The van der Waals surface area contributed by atoms with Crippen molar-refractivity contribution in [1.82, 2.24) is 15.1 Å². The monoisotopic (exact) mass is 307 g/mol. The number of amides is 1. The summed E-state index contributed by atoms with van der Waals surface area (Å²) in [4.78, 5) is 12.0. The highest BCUT2D eigenvalue weighted by atomic mass is 19.2. The van der Waals surface area contributed by atoms with Crippen LogP contribution in [0.3, 0.4) is 0 Å². The Labute approximate surface area is 128 Å². The molecule has 0 saturated heterocycles. The standard InChI is InChI=1S/C16H19F2N3O/c1-10-8-11(2)21(20-10)7-6-16(22)19-12(3)13-4-5-14(17)15(18)9-13/h4-5,8-9,12H,6-7H2,1-3H3,(H,19,22). The Kier molecular flexibility index (Phi) is 4.90. The van der Waals surface area contributed by atoms with Gasteiger partial charge in [-0.1, -0.05) is 6.07 Å². The van der Waals surface area contributed by atoms with Crippen LogP contribution < -0.4 is 5.32 Å². The second-order valence-corrected chi connectivity index (χ2v) is 5.36. The third kappa shape index (κ3) is 3.90. The van der Waals surface area contributed by atoms with Crippen molar-refractivity contribution in [3.63, 3.8) is 0 Å². The molecule has 1 amide bonds. The molecule has 0 fully saturated rings. The van der Waals surface area contributed by atoms with Crippen molar-refractivity contribution in [3.8, 4) is 0 Å². The molecule has 6 heteroatoms. The molecule has 0 spiro atoms. The molecule has 2 rings (SSSR count). The first kappa shape index (κ1) is 16.1. The molecule has 0 radical (unpaired) electrons. The maximum absolute atomic E-state index is 13.2. The first-order valence-corrected chi connectivity index (χ1v) is 7.12. The van der Waals surface area contributed by atoms with E-state index in [2.05, 4.69) is 10.4 Å². The van der Waals surface area contributed by atoms with E-state index in [0.717, 1.165) is 23.5 Å². The summed E-state index contributed by atoms with van der Waals surface area (Å²) in [6.45, 7) is 6.04. The Morgan fingerprint density at radius 1 is 1.27 bits per heavy atom. The molecule has 2 aromatic rings. The number of rotatable bonds is 5. The molecule has 0 aliphatic heterocycles. The van der Waals surface area contributed by atoms with Gasteiger partial charge in [0, 0.05) is 18.7 Å². The zero-order valence-electron chi connectivity index (χ0n) is 12.9. The first-order chi connectivity index (χ1) is 10.4. The van der Waals surface area contributed by atoms with Crippen LogP contribution in [-0.2, 0) is 11.3 Å². The summed E-state index contributed by atoms with van der Waals surface area (Å²) in [7, 11) is 0. The molecule has 1 aromatic heterocycles. The Morgan fingerprint density at radius 2 is 2.00 bits per heavy atom. The summed E-state index contributed by atoms with van der Waals surface area (Å²) >= 11 is 0. The van der Waals surface area contributed by atoms with Crippen LogP contribution in [0.15, 0.2) is 24.3 Å². The van der Waals surface area contributed by atoms with Gasteiger partial charge in [0.1, 0.15) is 0 Å². The van der Waals surface area contributed by atoms with Gasteiger partial charge in [0.05, 0.1) is 11.7 Å². The van der Waals surface area contributed by atoms with Gasteiger partial charge in [0.25, 0.3) is 0 Å². The van der Waals surface area contributed by atoms with Gasteiger partial charge < -0.3 is 5.32 Å². The normalized spacial score (nSPS) is 12.2. The number of halogens is 2. The minimum Gasteiger partial charge on any atom is -0.350 e. The Bertz CT molecular complexity index is 682. The van der Waals surface area contributed by atoms with Crippen LogP contribution >= 0.6 is 0 Å². The SMILES string of the molecule is Cc1cc(C)n(CCC(=O)NC(C)c2ccc(F)c(F)c2)n1. The van der Waals surface area contributed by atoms with E-state index in [1.165, 1.54) is 6.07 Å². The lowest BCUT2D eigenvalue weighted by atomic mass is 10.1. The van der Waals surface area contributed by atoms with Crippen LogP contribution in [0.4, 0.5) is 8.78 Å². The predicted molar refractivity (Wildman–Crippen MR) is 79.2 cm³/mol. The van der Waals surface area contributed by atoms with Gasteiger partial charge in [-0.2, -0.15) is 5.10 Å². The number of carbonyl (C=O) groups is 1. The second-order valence-electron chi connectivity index (χ2n) is 5.36. The van der Waals surface area contributed by atoms with Crippen LogP contribution in [-0.4, -0.2) is 15.7 Å². The number of benzene rings is 1. The zero-order chi connectivity index (χ0) is 16.3. The van der Waals surface area contributed by atoms with Crippen molar-refractivity contribution in [1.29, 1.82) is 0 Å². The number of aryl methyl sites for hydroxylation is 3. The van der Waals surface area contributed by atoms with Crippen LogP contribution in [0.1, 0.15) is 36.3 Å². The molecular formula is C16H19F2N3O. The number of carbonyl (C=O) groups excluding carboxylic acids is 1. The molecule has 0 aliphatic rings. The number of hydrogen-bond acceptors (Lipinski definition) is 2. The fraction of sp³-hybridized carbons (Fsp3) is 0.375. The lowest BCUT2D eigenvalue weighted by molar-refractivity contribution is -0.122. The average Bonchev–Trinajstić information content (AvgIpc) is 2.77. The fourth-order valence-electron chi connectivity index (χ4n) is 2.29. The minimum absolute atomic E-state index is 0.162. The van der Waals surface area contributed by atoms with E-state index in [4.69, 9.17) is 0 Å². The van der Waals surface area contributed by atoms with E-state index in [1.807, 2.05) is 19.9 Å². The van der Waals surface area contributed by atoms with Crippen LogP contribution in [0, 0.1) is 25.5 Å². The number of aromatic nitrogens is 2. The molecule has 118 valence electrons. The van der Waals surface area contributed by atoms with Crippen molar-refractivity contribution in [3.05, 3.63) is 52.9 Å². The van der Waals surface area contributed by atoms with Gasteiger partial charge in [0.15, 0.2) is 11.6 Å². The summed E-state index contributed by atoms with van der Waals surface area (Å²) in [5.74, 6) is -1.97. The highest BCUT2D eigenvalue weighted by Gasteiger charge is 2.12. The predicted octanol–water partition coefficient (Wildman–Crippen LogP) is 3.05. The Hall–Kier alpha value is -2.24. The Balaban J connectivity index is 1.91. The molecule has 1 N–H and O–H groups in total. The number of nitrogens with zero attached hydrogens (tertiary/aromatic N) is 2. The molecule has 4 nitrogen and oxygen atoms in total. The van der Waals surface area contributed by atoms with E-state index >= 15 is 0 Å². The lowest BCUT2D eigenvalue weighted by Gasteiger charge is -2.15. The summed E-state index contributed by atoms with van der Waals surface area (Å²) in [6, 6.07) is 5.18. The summed E-state index contributed by atoms with van der Waals surface area (Å²) in [5.41, 5.74) is 2.44. The topological polar surface area (TPSA) is 46.9 Å². The van der Waals surface area contributed by atoms with Gasteiger partial charge in [-0.25, -0.2) is 8.78 Å². The molecule has 0 aliphatic carbocycles. The third-order valence-corrected chi connectivity index (χ3v) is 3.48. The highest BCUT2D eigenvalue weighted by molar-refractivity contribution is 5.76. The summed E-state index contributed by atoms with van der Waals surface area (Å²) < 4.78 is 27.9. The smallest absolute Gasteiger partial charge is 0.222 e. The van der Waals surface area contributed by atoms with E-state index < -0.39 is 11.6 Å². The van der Waals surface area contributed by atoms with Crippen molar-refractivity contribution in [2.75, 3.05) is 0 Å². The molecule has 1 atom stereocenters. The van der Waals surface area contributed by atoms with Crippen LogP contribution in [0.25, 0.3) is 0 Å². The summed E-state index contributed by atoms with van der Waals surface area (Å²) in [6.07, 6.45) is 0.274. The van der Waals surface area contributed by atoms with Gasteiger partial charge in [0.2, 0.25) is 5.91 Å². The summed E-state index contributed by atoms with van der Waals surface area (Å²) in [5, 5.41) is 7.06. The largest absolute Gasteiger partial charge is 0.350 e. The molecule has 1 unspecified atom stereocenters. The first-order valence-electron chi connectivity index (χ1n) is 7.12. The van der Waals surface area contributed by atoms with Gasteiger partial charge >= 0.3 is 0 Å². The van der Waals surface area contributed by atoms with E-state index in [0.29, 0.717) is 12.1 Å². The average molecular weight is 307 g/mol. The van der Waals surface area contributed by atoms with Gasteiger partial charge in [-0.15, -0.1) is 0 Å². The van der Waals surface area contributed by atoms with Crippen molar-refractivity contribution < 1.29 is 13.6 Å². The molecular weight excluding hydrogens is 288 g/mol. The van der Waals surface area contributed by atoms with Crippen molar-refractivity contribution in [2.45, 2.75) is 39.8 Å². The molecule has 1 aromatic carbocycles. The van der Waals surface area contributed by atoms with Crippen molar-refractivity contribution in [2.24, 2.45) is 0 Å². The maximum Gasteiger partial charge on any atom is 0.222 e. The van der Waals surface area contributed by atoms with Crippen LogP contribution in [0.2, 0.25) is 0 Å². The lowest BCUT2D eigenvalue weighted by Crippen LogP contribution is -2.27. The fourth-order valence-corrected chi connectivity index (χ4v) is 2.29. The molecule has 22 heavy (non-hydrogen) atoms. The molecule has 0 bridgehead atoms. The second kappa shape index (κ2) is 6.68. The number of nitrogens with one attached hydrogen (secondary N) is 1. The van der Waals surface area contributed by atoms with E-state index in [9.17, 15) is 13.6 Å². The van der Waals surface area contributed by atoms with E-state index in [-0.39, 0.29) is 18.4 Å². The van der Waals surface area contributed by atoms with Crippen molar-refractivity contribution >= 4 is 5.91 Å². The highest BCUT2D eigenvalue weighted by Crippen LogP contribution is 2.16. The quantitative estimate of drug-likeness (QED) is 0.923. The minimum atomic E-state index is -0.916. The molecule has 0 saturated carbocycles. The number of hydrogen-bond donors (Lipinski definition) is 1. The molecule has 1 heterocycles. The third-order valence-electron chi connectivity index (χ3n) is 3.48. The zero-order valence-corrected chi connectivity index (χ0v) is 12.9. The van der Waals surface area contributed by atoms with Gasteiger partial charge in [-0.05, 0) is 44.5 Å². The Morgan fingerprint density at radius 3 is 2.59 bits per heavy atom. The maximum atomic E-state index is 13.2.